The first-order valence-electron chi connectivity index (χ1n) is 7.59. The largest absolute Gasteiger partial charge is 0.383 e. The molecule has 1 saturated carbocycles. The highest BCUT2D eigenvalue weighted by molar-refractivity contribution is 5.89. The van der Waals surface area contributed by atoms with Crippen LogP contribution in [0.1, 0.15) is 20.3 Å². The molecule has 3 atom stereocenters. The zero-order valence-electron chi connectivity index (χ0n) is 13.6. The molecule has 0 aromatic heterocycles. The van der Waals surface area contributed by atoms with Crippen molar-refractivity contribution in [2.24, 2.45) is 17.1 Å². The summed E-state index contributed by atoms with van der Waals surface area (Å²) in [7, 11) is 3.26. The Morgan fingerprint density at radius 3 is 2.38 bits per heavy atom. The summed E-state index contributed by atoms with van der Waals surface area (Å²) in [6, 6.07) is 0. The van der Waals surface area contributed by atoms with Crippen LogP contribution in [0.5, 0.6) is 0 Å². The molecule has 1 aliphatic heterocycles. The van der Waals surface area contributed by atoms with Crippen LogP contribution in [-0.4, -0.2) is 69.6 Å². The lowest BCUT2D eigenvalue weighted by molar-refractivity contribution is -0.185. The maximum absolute atomic E-state index is 13.1. The Kier molecular flexibility index (Phi) is 4.92. The first kappa shape index (κ1) is 16.7. The molecular formula is C15H28N2O4. The van der Waals surface area contributed by atoms with Crippen LogP contribution in [0.15, 0.2) is 0 Å². The van der Waals surface area contributed by atoms with Crippen molar-refractivity contribution in [2.45, 2.75) is 31.9 Å². The van der Waals surface area contributed by atoms with Crippen LogP contribution >= 0.6 is 0 Å². The van der Waals surface area contributed by atoms with Gasteiger partial charge in [-0.2, -0.15) is 0 Å². The summed E-state index contributed by atoms with van der Waals surface area (Å²) in [5.41, 5.74) is 5.41. The van der Waals surface area contributed by atoms with E-state index in [1.54, 1.807) is 19.1 Å². The minimum atomic E-state index is -0.852. The van der Waals surface area contributed by atoms with Crippen molar-refractivity contribution < 1.29 is 19.0 Å². The number of nitrogens with two attached hydrogens (primary N) is 1. The van der Waals surface area contributed by atoms with E-state index in [1.165, 1.54) is 0 Å². The van der Waals surface area contributed by atoms with Crippen molar-refractivity contribution in [1.82, 2.24) is 4.90 Å². The summed E-state index contributed by atoms with van der Waals surface area (Å²) in [6.07, 6.45) is 0.955. The monoisotopic (exact) mass is 300 g/mol. The van der Waals surface area contributed by atoms with Crippen molar-refractivity contribution in [3.8, 4) is 0 Å². The fourth-order valence-corrected chi connectivity index (χ4v) is 3.80. The topological polar surface area (TPSA) is 74.0 Å². The van der Waals surface area contributed by atoms with E-state index in [4.69, 9.17) is 19.9 Å². The van der Waals surface area contributed by atoms with E-state index in [1.807, 2.05) is 13.8 Å². The van der Waals surface area contributed by atoms with Crippen LogP contribution in [0.25, 0.3) is 0 Å². The minimum Gasteiger partial charge on any atom is -0.383 e. The number of rotatable bonds is 7. The molecule has 21 heavy (non-hydrogen) atoms. The number of nitrogens with zero attached hydrogens (tertiary/aromatic N) is 1. The average Bonchev–Trinajstić information content (AvgIpc) is 2.94. The number of amides is 1. The Balaban J connectivity index is 2.14. The Morgan fingerprint density at radius 2 is 1.86 bits per heavy atom. The molecule has 1 aliphatic carbocycles. The molecule has 0 bridgehead atoms. The fraction of sp³-hybridized carbons (Fsp3) is 0.933. The van der Waals surface area contributed by atoms with Gasteiger partial charge in [-0.3, -0.25) is 4.79 Å². The smallest absolute Gasteiger partial charge is 0.243 e. The molecule has 2 rings (SSSR count). The highest BCUT2D eigenvalue weighted by Gasteiger charge is 2.71. The van der Waals surface area contributed by atoms with Gasteiger partial charge in [0, 0.05) is 45.2 Å². The molecule has 1 amide bonds. The summed E-state index contributed by atoms with van der Waals surface area (Å²) >= 11 is 0. The van der Waals surface area contributed by atoms with Crippen molar-refractivity contribution in [3.63, 3.8) is 0 Å². The number of hydrogen-bond donors (Lipinski definition) is 1. The molecule has 6 nitrogen and oxygen atoms in total. The standard InChI is InChI=1S/C15H28N2O4/c1-14(2)12-11(5-8-21-12)15(14,16)13(18)17(6-9-19-3)7-10-20-4/h11-12H,5-10,16H2,1-4H3. The Morgan fingerprint density at radius 1 is 1.29 bits per heavy atom. The van der Waals surface area contributed by atoms with Gasteiger partial charge in [0.15, 0.2) is 0 Å². The second kappa shape index (κ2) is 6.20. The minimum absolute atomic E-state index is 0.00616. The van der Waals surface area contributed by atoms with Gasteiger partial charge in [-0.1, -0.05) is 13.8 Å². The molecule has 122 valence electrons. The van der Waals surface area contributed by atoms with Crippen LogP contribution in [0, 0.1) is 11.3 Å². The van der Waals surface area contributed by atoms with Crippen molar-refractivity contribution in [1.29, 1.82) is 0 Å². The molecule has 0 radical (unpaired) electrons. The van der Waals surface area contributed by atoms with Crippen molar-refractivity contribution >= 4 is 5.91 Å². The van der Waals surface area contributed by atoms with Gasteiger partial charge in [0.25, 0.3) is 0 Å². The van der Waals surface area contributed by atoms with Gasteiger partial charge < -0.3 is 24.8 Å². The molecule has 2 fully saturated rings. The van der Waals surface area contributed by atoms with Crippen LogP contribution in [0.4, 0.5) is 0 Å². The van der Waals surface area contributed by atoms with E-state index in [-0.39, 0.29) is 23.3 Å². The van der Waals surface area contributed by atoms with Crippen molar-refractivity contribution in [3.05, 3.63) is 0 Å². The summed E-state index contributed by atoms with van der Waals surface area (Å²) < 4.78 is 16.0. The van der Waals surface area contributed by atoms with Gasteiger partial charge in [-0.25, -0.2) is 0 Å². The second-order valence-corrected chi connectivity index (χ2v) is 6.56. The zero-order chi connectivity index (χ0) is 15.7. The highest BCUT2D eigenvalue weighted by Crippen LogP contribution is 2.58. The molecule has 0 spiro atoms. The van der Waals surface area contributed by atoms with Crippen LogP contribution in [-0.2, 0) is 19.0 Å². The average molecular weight is 300 g/mol. The number of hydrogen-bond acceptors (Lipinski definition) is 5. The molecule has 1 saturated heterocycles. The predicted molar refractivity (Wildman–Crippen MR) is 78.9 cm³/mol. The van der Waals surface area contributed by atoms with Crippen molar-refractivity contribution in [2.75, 3.05) is 47.1 Å². The predicted octanol–water partition coefficient (Wildman–Crippen LogP) is 0.250. The lowest BCUT2D eigenvalue weighted by Crippen LogP contribution is -2.80. The first-order chi connectivity index (χ1) is 9.91. The Labute approximate surface area is 126 Å². The summed E-state index contributed by atoms with van der Waals surface area (Å²) in [6.45, 7) is 6.82. The molecule has 6 heteroatoms. The number of carbonyl (C=O) groups excluding carboxylic acids is 1. The van der Waals surface area contributed by atoms with E-state index < -0.39 is 5.54 Å². The third kappa shape index (κ3) is 2.48. The highest BCUT2D eigenvalue weighted by atomic mass is 16.5. The Hall–Kier alpha value is -0.690. The normalized spacial score (nSPS) is 33.4. The molecule has 2 N–H and O–H groups in total. The van der Waals surface area contributed by atoms with Gasteiger partial charge in [-0.15, -0.1) is 0 Å². The molecule has 3 unspecified atom stereocenters. The van der Waals surface area contributed by atoms with E-state index in [0.29, 0.717) is 32.9 Å². The van der Waals surface area contributed by atoms with Gasteiger partial charge >= 0.3 is 0 Å². The lowest BCUT2D eigenvalue weighted by Gasteiger charge is -2.61. The van der Waals surface area contributed by atoms with Gasteiger partial charge in [0.1, 0.15) is 5.54 Å². The molecular weight excluding hydrogens is 272 g/mol. The number of methoxy groups -OCH3 is 2. The molecule has 0 aromatic carbocycles. The van der Waals surface area contributed by atoms with Crippen LogP contribution in [0.2, 0.25) is 0 Å². The summed E-state index contributed by atoms with van der Waals surface area (Å²) in [5, 5.41) is 0. The molecule has 2 aliphatic rings. The lowest BCUT2D eigenvalue weighted by atomic mass is 9.47. The van der Waals surface area contributed by atoms with E-state index in [9.17, 15) is 4.79 Å². The maximum Gasteiger partial charge on any atom is 0.243 e. The van der Waals surface area contributed by atoms with E-state index in [0.717, 1.165) is 6.42 Å². The summed E-state index contributed by atoms with van der Waals surface area (Å²) in [4.78, 5) is 14.8. The number of ether oxygens (including phenoxy) is 3. The first-order valence-corrected chi connectivity index (χ1v) is 7.59. The van der Waals surface area contributed by atoms with Gasteiger partial charge in [-0.05, 0) is 6.42 Å². The third-order valence-corrected chi connectivity index (χ3v) is 5.23. The number of carbonyl (C=O) groups is 1. The number of fused-ring (bicyclic) bond motifs is 1. The summed E-state index contributed by atoms with van der Waals surface area (Å²) in [5.74, 6) is 0.112. The van der Waals surface area contributed by atoms with E-state index >= 15 is 0 Å². The quantitative estimate of drug-likeness (QED) is 0.729. The molecule has 1 heterocycles. The van der Waals surface area contributed by atoms with Crippen LogP contribution in [0.3, 0.4) is 0 Å². The molecule has 0 aromatic rings. The van der Waals surface area contributed by atoms with Crippen LogP contribution < -0.4 is 5.73 Å². The van der Waals surface area contributed by atoms with E-state index in [2.05, 4.69) is 0 Å². The zero-order valence-corrected chi connectivity index (χ0v) is 13.6. The third-order valence-electron chi connectivity index (χ3n) is 5.23. The fourth-order valence-electron chi connectivity index (χ4n) is 3.80. The second-order valence-electron chi connectivity index (χ2n) is 6.56. The van der Waals surface area contributed by atoms with Gasteiger partial charge in [0.05, 0.1) is 19.3 Å². The maximum atomic E-state index is 13.1. The van der Waals surface area contributed by atoms with Gasteiger partial charge in [0.2, 0.25) is 5.91 Å². The Bertz CT molecular complexity index is 380. The SMILES string of the molecule is COCCN(CCOC)C(=O)C1(N)C2CCOC2C1(C)C.